The van der Waals surface area contributed by atoms with E-state index in [4.69, 9.17) is 28.2 Å². The number of halogens is 2. The summed E-state index contributed by atoms with van der Waals surface area (Å²) in [6.45, 7) is 12.6. The third-order valence-corrected chi connectivity index (χ3v) is 6.54. The molecule has 0 aliphatic carbocycles. The number of unbranched alkanes of at least 4 members (excludes halogenated alkanes) is 1. The molecule has 0 bridgehead atoms. The summed E-state index contributed by atoms with van der Waals surface area (Å²) in [5.41, 5.74) is 1.34. The van der Waals surface area contributed by atoms with Crippen molar-refractivity contribution in [1.82, 2.24) is 30.8 Å². The Labute approximate surface area is 241 Å². The van der Waals surface area contributed by atoms with Gasteiger partial charge in [0.15, 0.2) is 5.82 Å². The number of aromatic amines is 1. The first-order chi connectivity index (χ1) is 18.6. The molecule has 0 saturated heterocycles. The van der Waals surface area contributed by atoms with Gasteiger partial charge in [-0.3, -0.25) is 14.6 Å². The van der Waals surface area contributed by atoms with Crippen molar-refractivity contribution in [2.24, 2.45) is 4.99 Å². The Morgan fingerprint density at radius 1 is 1.33 bits per heavy atom. The van der Waals surface area contributed by atoms with Gasteiger partial charge in [0.25, 0.3) is 5.91 Å². The van der Waals surface area contributed by atoms with Gasteiger partial charge < -0.3 is 10.2 Å². The van der Waals surface area contributed by atoms with Gasteiger partial charge in [-0.05, 0) is 38.3 Å². The van der Waals surface area contributed by atoms with Crippen molar-refractivity contribution < 1.29 is 9.59 Å². The number of amides is 2. The van der Waals surface area contributed by atoms with Gasteiger partial charge in [0, 0.05) is 29.5 Å². The number of carbonyl (C=O) groups excluding carboxylic acids is 2. The van der Waals surface area contributed by atoms with Gasteiger partial charge in [-0.2, -0.15) is 5.21 Å². The number of aliphatic imine (C=N–C) groups is 1. The first kappa shape index (κ1) is 32.2. The van der Waals surface area contributed by atoms with E-state index in [-0.39, 0.29) is 36.7 Å². The van der Waals surface area contributed by atoms with Crippen molar-refractivity contribution in [3.05, 3.63) is 65.0 Å². The zero-order valence-electron chi connectivity index (χ0n) is 23.2. The molecule has 11 heteroatoms. The van der Waals surface area contributed by atoms with Crippen molar-refractivity contribution in [3.63, 3.8) is 0 Å². The predicted molar refractivity (Wildman–Crippen MR) is 158 cm³/mol. The number of alkyl halides is 1. The second-order valence-corrected chi connectivity index (χ2v) is 10.5. The monoisotopic (exact) mass is 575 g/mol. The van der Waals surface area contributed by atoms with E-state index in [2.05, 4.69) is 39.4 Å². The quantitative estimate of drug-likeness (QED) is 0.220. The number of hydrogen-bond acceptors (Lipinski definition) is 6. The van der Waals surface area contributed by atoms with E-state index in [1.54, 1.807) is 24.3 Å². The highest BCUT2D eigenvalue weighted by molar-refractivity contribution is 6.47. The summed E-state index contributed by atoms with van der Waals surface area (Å²) in [7, 11) is 0. The molecule has 2 heterocycles. The van der Waals surface area contributed by atoms with E-state index < -0.39 is 5.54 Å². The maximum atomic E-state index is 14.0. The van der Waals surface area contributed by atoms with E-state index in [9.17, 15) is 9.59 Å². The minimum atomic E-state index is -0.524. The summed E-state index contributed by atoms with van der Waals surface area (Å²) in [6, 6.07) is -0.234. The first-order valence-corrected chi connectivity index (χ1v) is 14.1. The minimum Gasteiger partial charge on any atom is -0.348 e. The summed E-state index contributed by atoms with van der Waals surface area (Å²) in [6.07, 6.45) is 14.2. The van der Waals surface area contributed by atoms with Crippen LogP contribution in [0.25, 0.3) is 0 Å². The Balaban J connectivity index is 2.35. The molecule has 0 spiro atoms. The van der Waals surface area contributed by atoms with Gasteiger partial charge in [0.1, 0.15) is 5.71 Å². The van der Waals surface area contributed by atoms with Crippen molar-refractivity contribution >= 4 is 40.7 Å². The number of carbonyl (C=O) groups is 2. The lowest BCUT2D eigenvalue weighted by Crippen LogP contribution is -2.54. The molecule has 2 amide bonds. The van der Waals surface area contributed by atoms with Crippen molar-refractivity contribution in [3.8, 4) is 0 Å². The van der Waals surface area contributed by atoms with Crippen LogP contribution in [0, 0.1) is 0 Å². The molecule has 0 radical (unpaired) electrons. The zero-order chi connectivity index (χ0) is 28.8. The molecule has 39 heavy (non-hydrogen) atoms. The summed E-state index contributed by atoms with van der Waals surface area (Å²) in [5.74, 6) is 0.273. The third kappa shape index (κ3) is 10.2. The fourth-order valence-corrected chi connectivity index (χ4v) is 4.43. The van der Waals surface area contributed by atoms with E-state index in [1.807, 2.05) is 37.8 Å². The average molecular weight is 577 g/mol. The molecular formula is C28H39Cl2N7O2. The van der Waals surface area contributed by atoms with Crippen molar-refractivity contribution in [1.29, 1.82) is 0 Å². The second kappa shape index (κ2) is 16.2. The number of nitrogens with zero attached hydrogens (tertiary/aromatic N) is 5. The van der Waals surface area contributed by atoms with E-state index in [1.165, 1.54) is 0 Å². The Bertz CT molecular complexity index is 1130. The molecule has 1 atom stereocenters. The largest absolute Gasteiger partial charge is 0.348 e. The minimum absolute atomic E-state index is 0.155. The standard InChI is InChI=1S/C28H39Cl2N7O2/c1-6-9-13-23(20(11-7-2)12-10-14-25(38)31-18-24-33-35-36-34-24)37-19-28(4,5)32-26(27(37)39)21(15-16-29)17-22(30)8-3/h7,10-12,15,17,23H,2,6,8-9,13-14,16,18-19H2,1,3-5H3,(H,31,38)(H,33,34,35,36)/b12-10-,20-11+,21-15+,22-17+. The van der Waals surface area contributed by atoms with Gasteiger partial charge in [-0.15, -0.1) is 21.8 Å². The van der Waals surface area contributed by atoms with Gasteiger partial charge in [-0.1, -0.05) is 80.5 Å². The molecule has 0 aromatic carbocycles. The molecular weight excluding hydrogens is 537 g/mol. The van der Waals surface area contributed by atoms with Crippen LogP contribution in [-0.4, -0.2) is 67.1 Å². The first-order valence-electron chi connectivity index (χ1n) is 13.2. The predicted octanol–water partition coefficient (Wildman–Crippen LogP) is 5.19. The van der Waals surface area contributed by atoms with E-state index in [0.717, 1.165) is 24.8 Å². The molecule has 2 rings (SSSR count). The molecule has 1 aliphatic heterocycles. The Morgan fingerprint density at radius 3 is 2.72 bits per heavy atom. The molecule has 0 saturated carbocycles. The molecule has 1 aromatic heterocycles. The SMILES string of the molecule is C=C/C=C(\C=C/CC(=O)NCc1nn[nH]n1)C(CCCC)N1CC(C)(C)N=C(C(/C=C(/Cl)CC)=C/CCl)C1=O. The molecule has 0 fully saturated rings. The zero-order valence-corrected chi connectivity index (χ0v) is 24.7. The smallest absolute Gasteiger partial charge is 0.273 e. The number of nitrogens with one attached hydrogen (secondary N) is 2. The number of hydrogen-bond donors (Lipinski definition) is 2. The average Bonchev–Trinajstić information content (AvgIpc) is 3.42. The Hall–Kier alpha value is -3.04. The lowest BCUT2D eigenvalue weighted by atomic mass is 9.91. The van der Waals surface area contributed by atoms with Crippen molar-refractivity contribution in [2.45, 2.75) is 77.9 Å². The molecule has 1 aromatic rings. The van der Waals surface area contributed by atoms with Gasteiger partial charge >= 0.3 is 0 Å². The molecule has 212 valence electrons. The van der Waals surface area contributed by atoms with Crippen LogP contribution in [-0.2, 0) is 16.1 Å². The van der Waals surface area contributed by atoms with Gasteiger partial charge in [0.05, 0.1) is 18.1 Å². The Morgan fingerprint density at radius 2 is 2.10 bits per heavy atom. The highest BCUT2D eigenvalue weighted by Gasteiger charge is 2.38. The molecule has 1 aliphatic rings. The van der Waals surface area contributed by atoms with Crippen LogP contribution in [0.1, 0.15) is 65.6 Å². The normalized spacial score (nSPS) is 17.4. The topological polar surface area (TPSA) is 116 Å². The van der Waals surface area contributed by atoms with Crippen molar-refractivity contribution in [2.75, 3.05) is 12.4 Å². The van der Waals surface area contributed by atoms with E-state index in [0.29, 0.717) is 35.1 Å². The molecule has 2 N–H and O–H groups in total. The number of tetrazole rings is 1. The fourth-order valence-electron chi connectivity index (χ4n) is 4.15. The van der Waals surface area contributed by atoms with Crippen LogP contribution < -0.4 is 5.32 Å². The van der Waals surface area contributed by atoms with Gasteiger partial charge in [-0.25, -0.2) is 0 Å². The maximum Gasteiger partial charge on any atom is 0.273 e. The highest BCUT2D eigenvalue weighted by atomic mass is 35.5. The summed E-state index contributed by atoms with van der Waals surface area (Å²) >= 11 is 12.4. The van der Waals surface area contributed by atoms with Gasteiger partial charge in [0.2, 0.25) is 5.91 Å². The number of allylic oxidation sites excluding steroid dienone is 5. The van der Waals surface area contributed by atoms with Crippen LogP contribution in [0.3, 0.4) is 0 Å². The third-order valence-electron chi connectivity index (χ3n) is 6.00. The Kier molecular flexibility index (Phi) is 13.3. The van der Waals surface area contributed by atoms with E-state index >= 15 is 0 Å². The molecule has 9 nitrogen and oxygen atoms in total. The van der Waals surface area contributed by atoms with Crippen LogP contribution in [0.2, 0.25) is 0 Å². The summed E-state index contributed by atoms with van der Waals surface area (Å²) < 4.78 is 0. The lowest BCUT2D eigenvalue weighted by molar-refractivity contribution is -0.127. The highest BCUT2D eigenvalue weighted by Crippen LogP contribution is 2.29. The fraction of sp³-hybridized carbons (Fsp3) is 0.500. The van der Waals surface area contributed by atoms with Crippen LogP contribution >= 0.6 is 23.2 Å². The van der Waals surface area contributed by atoms with Crippen LogP contribution in [0.4, 0.5) is 0 Å². The van der Waals surface area contributed by atoms with Crippen LogP contribution in [0.5, 0.6) is 0 Å². The number of rotatable bonds is 15. The summed E-state index contributed by atoms with van der Waals surface area (Å²) in [4.78, 5) is 33.0. The summed E-state index contributed by atoms with van der Waals surface area (Å²) in [5, 5.41) is 16.9. The van der Waals surface area contributed by atoms with Crippen LogP contribution in [0.15, 0.2) is 64.2 Å². The number of H-pyrrole nitrogens is 1. The lowest BCUT2D eigenvalue weighted by Gasteiger charge is -2.41. The second-order valence-electron chi connectivity index (χ2n) is 9.74. The maximum absolute atomic E-state index is 14.0. The number of aromatic nitrogens is 4. The molecule has 1 unspecified atom stereocenters.